The van der Waals surface area contributed by atoms with Crippen molar-refractivity contribution in [3.8, 4) is 0 Å². The molecule has 106 valence electrons. The van der Waals surface area contributed by atoms with Crippen LogP contribution >= 0.6 is 0 Å². The number of anilines is 1. The van der Waals surface area contributed by atoms with Gasteiger partial charge in [-0.3, -0.25) is 9.10 Å². The molecule has 0 amide bonds. The van der Waals surface area contributed by atoms with Crippen molar-refractivity contribution in [2.75, 3.05) is 24.2 Å². The lowest BCUT2D eigenvalue weighted by Gasteiger charge is -2.23. The molecule has 0 aliphatic carbocycles. The van der Waals surface area contributed by atoms with E-state index < -0.39 is 10.0 Å². The van der Waals surface area contributed by atoms with E-state index in [1.54, 1.807) is 12.1 Å². The summed E-state index contributed by atoms with van der Waals surface area (Å²) in [7, 11) is -2.05. The molecule has 0 aliphatic rings. The van der Waals surface area contributed by atoms with Gasteiger partial charge in [-0.2, -0.15) is 0 Å². The molecule has 1 rings (SSSR count). The normalized spacial score (nSPS) is 11.1. The van der Waals surface area contributed by atoms with Gasteiger partial charge < -0.3 is 4.74 Å². The number of aryl methyl sites for hydroxylation is 1. The summed E-state index contributed by atoms with van der Waals surface area (Å²) in [6.07, 6.45) is 1.79. The lowest BCUT2D eigenvalue weighted by atomic mass is 10.2. The molecular formula is C13H19NO4S. The summed E-state index contributed by atoms with van der Waals surface area (Å²) in [6.45, 7) is 2.12. The zero-order valence-electron chi connectivity index (χ0n) is 11.4. The number of ether oxygens (including phenoxy) is 1. The van der Waals surface area contributed by atoms with E-state index in [1.165, 1.54) is 11.4 Å². The number of methoxy groups -OCH3 is 1. The smallest absolute Gasteiger partial charge is 0.305 e. The van der Waals surface area contributed by atoms with Gasteiger partial charge in [0.1, 0.15) is 0 Å². The van der Waals surface area contributed by atoms with Gasteiger partial charge in [0.15, 0.2) is 0 Å². The Hall–Kier alpha value is -1.56. The van der Waals surface area contributed by atoms with Crippen LogP contribution in [0.15, 0.2) is 24.3 Å². The van der Waals surface area contributed by atoms with E-state index in [0.29, 0.717) is 12.1 Å². The maximum Gasteiger partial charge on any atom is 0.305 e. The minimum Gasteiger partial charge on any atom is -0.469 e. The molecule has 6 heteroatoms. The minimum atomic E-state index is -3.36. The average Bonchev–Trinajstić information content (AvgIpc) is 2.34. The Morgan fingerprint density at radius 3 is 2.47 bits per heavy atom. The van der Waals surface area contributed by atoms with Crippen molar-refractivity contribution < 1.29 is 17.9 Å². The predicted octanol–water partition coefficient (Wildman–Crippen LogP) is 1.71. The Labute approximate surface area is 114 Å². The van der Waals surface area contributed by atoms with Crippen LogP contribution in [0.2, 0.25) is 0 Å². The maximum atomic E-state index is 11.8. The van der Waals surface area contributed by atoms with Gasteiger partial charge >= 0.3 is 5.97 Å². The first-order chi connectivity index (χ1) is 8.86. The number of rotatable bonds is 6. The highest BCUT2D eigenvalue weighted by Crippen LogP contribution is 2.22. The zero-order chi connectivity index (χ0) is 14.5. The molecule has 0 aromatic heterocycles. The standard InChI is InChI=1S/C13H19NO4S/c1-11-7-4-5-8-12(11)14(19(3,16)17)10-6-9-13(15)18-2/h4-5,7-8H,6,9-10H2,1-3H3. The Balaban J connectivity index is 2.86. The third-order valence-corrected chi connectivity index (χ3v) is 3.93. The molecule has 1 aromatic rings. The van der Waals surface area contributed by atoms with Crippen LogP contribution in [-0.2, 0) is 19.6 Å². The molecule has 19 heavy (non-hydrogen) atoms. The lowest BCUT2D eigenvalue weighted by Crippen LogP contribution is -2.31. The van der Waals surface area contributed by atoms with Crippen molar-refractivity contribution in [1.82, 2.24) is 0 Å². The fraction of sp³-hybridized carbons (Fsp3) is 0.462. The van der Waals surface area contributed by atoms with Gasteiger partial charge in [-0.1, -0.05) is 18.2 Å². The molecule has 0 spiro atoms. The van der Waals surface area contributed by atoms with E-state index in [2.05, 4.69) is 4.74 Å². The molecule has 0 bridgehead atoms. The fourth-order valence-electron chi connectivity index (χ4n) is 1.78. The second-order valence-electron chi connectivity index (χ2n) is 4.30. The third-order valence-electron chi connectivity index (χ3n) is 2.75. The van der Waals surface area contributed by atoms with Crippen LogP contribution in [0.5, 0.6) is 0 Å². The van der Waals surface area contributed by atoms with Gasteiger partial charge in [-0.05, 0) is 25.0 Å². The Morgan fingerprint density at radius 1 is 1.32 bits per heavy atom. The Bertz CT molecular complexity index is 539. The molecule has 0 unspecified atom stereocenters. The summed E-state index contributed by atoms with van der Waals surface area (Å²) < 4.78 is 29.5. The predicted molar refractivity (Wildman–Crippen MR) is 74.6 cm³/mol. The molecule has 0 saturated carbocycles. The van der Waals surface area contributed by atoms with Crippen molar-refractivity contribution in [3.63, 3.8) is 0 Å². The number of nitrogens with zero attached hydrogens (tertiary/aromatic N) is 1. The maximum absolute atomic E-state index is 11.8. The van der Waals surface area contributed by atoms with Crippen molar-refractivity contribution >= 4 is 21.7 Å². The summed E-state index contributed by atoms with van der Waals surface area (Å²) >= 11 is 0. The number of carbonyl (C=O) groups is 1. The number of benzene rings is 1. The van der Waals surface area contributed by atoms with E-state index in [4.69, 9.17) is 0 Å². The van der Waals surface area contributed by atoms with E-state index in [0.717, 1.165) is 11.8 Å². The van der Waals surface area contributed by atoms with Gasteiger partial charge in [0.2, 0.25) is 10.0 Å². The summed E-state index contributed by atoms with van der Waals surface area (Å²) in [4.78, 5) is 11.1. The Kier molecular flexibility index (Phi) is 5.35. The number of carbonyl (C=O) groups excluding carboxylic acids is 1. The van der Waals surface area contributed by atoms with E-state index in [1.807, 2.05) is 19.1 Å². The van der Waals surface area contributed by atoms with Gasteiger partial charge in [-0.25, -0.2) is 8.42 Å². The SMILES string of the molecule is COC(=O)CCCN(c1ccccc1C)S(C)(=O)=O. The number of hydrogen-bond donors (Lipinski definition) is 0. The van der Waals surface area contributed by atoms with Crippen LogP contribution in [0.3, 0.4) is 0 Å². The highest BCUT2D eigenvalue weighted by atomic mass is 32.2. The zero-order valence-corrected chi connectivity index (χ0v) is 12.2. The minimum absolute atomic E-state index is 0.203. The second-order valence-corrected chi connectivity index (χ2v) is 6.21. The van der Waals surface area contributed by atoms with Crippen molar-refractivity contribution in [2.24, 2.45) is 0 Å². The number of para-hydroxylation sites is 1. The molecule has 0 atom stereocenters. The second kappa shape index (κ2) is 6.56. The topological polar surface area (TPSA) is 63.7 Å². The third kappa shape index (κ3) is 4.55. The summed E-state index contributed by atoms with van der Waals surface area (Å²) in [5.41, 5.74) is 1.53. The van der Waals surface area contributed by atoms with Crippen LogP contribution in [0, 0.1) is 6.92 Å². The van der Waals surface area contributed by atoms with Crippen LogP contribution in [0.4, 0.5) is 5.69 Å². The molecule has 0 radical (unpaired) electrons. The van der Waals surface area contributed by atoms with Crippen LogP contribution in [-0.4, -0.2) is 34.3 Å². The molecule has 0 aliphatic heterocycles. The molecule has 0 heterocycles. The summed E-state index contributed by atoms with van der Waals surface area (Å²) in [5, 5.41) is 0. The van der Waals surface area contributed by atoms with Gasteiger partial charge in [0, 0.05) is 13.0 Å². The van der Waals surface area contributed by atoms with Crippen LogP contribution < -0.4 is 4.31 Å². The molecule has 1 aromatic carbocycles. The first kappa shape index (κ1) is 15.5. The van der Waals surface area contributed by atoms with E-state index >= 15 is 0 Å². The average molecular weight is 285 g/mol. The number of esters is 1. The number of sulfonamides is 1. The van der Waals surface area contributed by atoms with Crippen molar-refractivity contribution in [2.45, 2.75) is 19.8 Å². The first-order valence-corrected chi connectivity index (χ1v) is 7.81. The van der Waals surface area contributed by atoms with E-state index in [-0.39, 0.29) is 18.9 Å². The van der Waals surface area contributed by atoms with Crippen LogP contribution in [0.1, 0.15) is 18.4 Å². The largest absolute Gasteiger partial charge is 0.469 e. The monoisotopic (exact) mass is 285 g/mol. The number of hydrogen-bond acceptors (Lipinski definition) is 4. The molecule has 0 N–H and O–H groups in total. The van der Waals surface area contributed by atoms with Crippen LogP contribution in [0.25, 0.3) is 0 Å². The van der Waals surface area contributed by atoms with Gasteiger partial charge in [0.05, 0.1) is 19.1 Å². The first-order valence-electron chi connectivity index (χ1n) is 5.96. The summed E-state index contributed by atoms with van der Waals surface area (Å²) in [5.74, 6) is -0.335. The fourth-order valence-corrected chi connectivity index (χ4v) is 2.80. The highest BCUT2D eigenvalue weighted by molar-refractivity contribution is 7.92. The highest BCUT2D eigenvalue weighted by Gasteiger charge is 2.18. The lowest BCUT2D eigenvalue weighted by molar-refractivity contribution is -0.140. The summed E-state index contributed by atoms with van der Waals surface area (Å²) in [6, 6.07) is 7.26. The van der Waals surface area contributed by atoms with Gasteiger partial charge in [-0.15, -0.1) is 0 Å². The molecule has 0 saturated heterocycles. The van der Waals surface area contributed by atoms with Gasteiger partial charge in [0.25, 0.3) is 0 Å². The van der Waals surface area contributed by atoms with Crippen molar-refractivity contribution in [1.29, 1.82) is 0 Å². The Morgan fingerprint density at radius 2 is 1.95 bits per heavy atom. The van der Waals surface area contributed by atoms with Crippen molar-refractivity contribution in [3.05, 3.63) is 29.8 Å². The quantitative estimate of drug-likeness (QED) is 0.746. The molecule has 5 nitrogen and oxygen atoms in total. The molecular weight excluding hydrogens is 266 g/mol. The van der Waals surface area contributed by atoms with E-state index in [9.17, 15) is 13.2 Å². The molecule has 0 fully saturated rings.